The van der Waals surface area contributed by atoms with Gasteiger partial charge in [-0.25, -0.2) is 18.4 Å². The number of aromatic nitrogens is 3. The fourth-order valence-electron chi connectivity index (χ4n) is 2.19. The van der Waals surface area contributed by atoms with Crippen molar-refractivity contribution in [3.8, 4) is 11.6 Å². The molecule has 2 aromatic heterocycles. The van der Waals surface area contributed by atoms with Crippen molar-refractivity contribution in [2.45, 2.75) is 20.0 Å². The molecule has 3 rings (SSSR count). The molecule has 0 aliphatic carbocycles. The summed E-state index contributed by atoms with van der Waals surface area (Å²) in [5.74, 6) is 0.521. The van der Waals surface area contributed by atoms with Crippen molar-refractivity contribution >= 4 is 0 Å². The minimum Gasteiger partial charge on any atom is -0.471 e. The van der Waals surface area contributed by atoms with Crippen molar-refractivity contribution in [1.29, 1.82) is 0 Å². The highest BCUT2D eigenvalue weighted by Crippen LogP contribution is 2.22. The summed E-state index contributed by atoms with van der Waals surface area (Å²) < 4.78 is 32.6. The molecule has 4 nitrogen and oxygen atoms in total. The van der Waals surface area contributed by atoms with Gasteiger partial charge in [0.2, 0.25) is 5.88 Å². The van der Waals surface area contributed by atoms with Gasteiger partial charge in [-0.15, -0.1) is 0 Å². The van der Waals surface area contributed by atoms with Crippen LogP contribution in [0.2, 0.25) is 0 Å². The van der Waals surface area contributed by atoms with Gasteiger partial charge < -0.3 is 4.74 Å². The van der Waals surface area contributed by atoms with E-state index in [0.29, 0.717) is 18.2 Å². The predicted octanol–water partition coefficient (Wildman–Crippen LogP) is 4.09. The van der Waals surface area contributed by atoms with E-state index in [1.807, 2.05) is 19.1 Å². The van der Waals surface area contributed by atoms with E-state index >= 15 is 0 Å². The molecule has 0 unspecified atom stereocenters. The number of benzene rings is 1. The molecular formula is C17H15F2N3O. The number of aryl methyl sites for hydroxylation is 1. The van der Waals surface area contributed by atoms with Gasteiger partial charge in [-0.2, -0.15) is 5.10 Å². The molecule has 0 saturated carbocycles. The summed E-state index contributed by atoms with van der Waals surface area (Å²) in [6, 6.07) is 11.5. The Labute approximate surface area is 132 Å². The molecule has 0 fully saturated rings. The molecule has 23 heavy (non-hydrogen) atoms. The molecule has 0 aliphatic heterocycles. The lowest BCUT2D eigenvalue weighted by Crippen LogP contribution is -2.07. The molecule has 0 amide bonds. The Kier molecular flexibility index (Phi) is 4.32. The number of hydrogen-bond donors (Lipinski definition) is 0. The summed E-state index contributed by atoms with van der Waals surface area (Å²) in [5, 5.41) is 4.30. The Morgan fingerprint density at radius 2 is 1.91 bits per heavy atom. The highest BCUT2D eigenvalue weighted by molar-refractivity contribution is 5.37. The molecular weight excluding hydrogens is 300 g/mol. The Hall–Kier alpha value is -2.76. The highest BCUT2D eigenvalue weighted by Gasteiger charge is 2.12. The van der Waals surface area contributed by atoms with Crippen LogP contribution in [0.15, 0.2) is 54.9 Å². The first-order valence-electron chi connectivity index (χ1n) is 7.11. The van der Waals surface area contributed by atoms with Crippen LogP contribution in [0.5, 0.6) is 5.88 Å². The predicted molar refractivity (Wildman–Crippen MR) is 81.8 cm³/mol. The van der Waals surface area contributed by atoms with Crippen molar-refractivity contribution < 1.29 is 13.5 Å². The van der Waals surface area contributed by atoms with Gasteiger partial charge in [0, 0.05) is 17.8 Å². The van der Waals surface area contributed by atoms with E-state index in [0.717, 1.165) is 11.3 Å². The largest absolute Gasteiger partial charge is 0.471 e. The van der Waals surface area contributed by atoms with Crippen molar-refractivity contribution in [2.75, 3.05) is 0 Å². The fourth-order valence-corrected chi connectivity index (χ4v) is 2.19. The molecule has 2 heterocycles. The molecule has 6 heteroatoms. The second-order valence-electron chi connectivity index (χ2n) is 5.03. The summed E-state index contributed by atoms with van der Waals surface area (Å²) in [6.07, 6.45) is 0.899. The lowest BCUT2D eigenvalue weighted by atomic mass is 10.2. The first-order valence-corrected chi connectivity index (χ1v) is 7.11. The third-order valence-corrected chi connectivity index (χ3v) is 3.46. The number of halogens is 2. The van der Waals surface area contributed by atoms with E-state index in [-0.39, 0.29) is 5.56 Å². The maximum atomic E-state index is 12.6. The second-order valence-corrected chi connectivity index (χ2v) is 5.03. The van der Waals surface area contributed by atoms with Crippen LogP contribution in [-0.2, 0) is 6.61 Å². The van der Waals surface area contributed by atoms with Gasteiger partial charge >= 0.3 is 0 Å². The van der Waals surface area contributed by atoms with Crippen LogP contribution in [0.3, 0.4) is 0 Å². The van der Waals surface area contributed by atoms with Gasteiger partial charge in [-0.1, -0.05) is 18.2 Å². The second kappa shape index (κ2) is 6.56. The van der Waals surface area contributed by atoms with Crippen LogP contribution in [-0.4, -0.2) is 14.8 Å². The zero-order valence-electron chi connectivity index (χ0n) is 12.5. The monoisotopic (exact) mass is 315 g/mol. The van der Waals surface area contributed by atoms with Crippen LogP contribution in [0.4, 0.5) is 8.78 Å². The molecule has 0 atom stereocenters. The zero-order chi connectivity index (χ0) is 16.2. The molecule has 118 valence electrons. The zero-order valence-corrected chi connectivity index (χ0v) is 12.5. The Morgan fingerprint density at radius 3 is 2.57 bits per heavy atom. The molecule has 0 N–H and O–H groups in total. The minimum absolute atomic E-state index is 0.0103. The van der Waals surface area contributed by atoms with Crippen LogP contribution in [0.1, 0.15) is 23.2 Å². The number of hydrogen-bond acceptors (Lipinski definition) is 3. The molecule has 0 saturated heterocycles. The molecule has 0 bridgehead atoms. The first-order chi connectivity index (χ1) is 11.1. The SMILES string of the molecule is Cc1cnn(-c2ccc(C(F)F)cc2)c1COc1ccccn1. The van der Waals surface area contributed by atoms with Crippen molar-refractivity contribution in [2.24, 2.45) is 0 Å². The summed E-state index contributed by atoms with van der Waals surface area (Å²) in [5.41, 5.74) is 2.50. The summed E-state index contributed by atoms with van der Waals surface area (Å²) in [6.45, 7) is 2.22. The number of nitrogens with zero attached hydrogens (tertiary/aromatic N) is 3. The van der Waals surface area contributed by atoms with E-state index < -0.39 is 6.43 Å². The van der Waals surface area contributed by atoms with Crippen LogP contribution < -0.4 is 4.74 Å². The Balaban J connectivity index is 1.83. The maximum absolute atomic E-state index is 12.6. The van der Waals surface area contributed by atoms with E-state index in [2.05, 4.69) is 10.1 Å². The van der Waals surface area contributed by atoms with Gasteiger partial charge in [-0.05, 0) is 30.7 Å². The smallest absolute Gasteiger partial charge is 0.263 e. The van der Waals surface area contributed by atoms with Crippen LogP contribution in [0, 0.1) is 6.92 Å². The quantitative estimate of drug-likeness (QED) is 0.712. The normalized spacial score (nSPS) is 11.0. The Morgan fingerprint density at radius 1 is 1.13 bits per heavy atom. The molecule has 0 radical (unpaired) electrons. The van der Waals surface area contributed by atoms with Crippen molar-refractivity contribution in [3.05, 3.63) is 71.7 Å². The van der Waals surface area contributed by atoms with E-state index in [1.165, 1.54) is 12.1 Å². The summed E-state index contributed by atoms with van der Waals surface area (Å²) in [7, 11) is 0. The van der Waals surface area contributed by atoms with Crippen molar-refractivity contribution in [1.82, 2.24) is 14.8 Å². The number of ether oxygens (including phenoxy) is 1. The third kappa shape index (κ3) is 3.36. The van der Waals surface area contributed by atoms with E-state index in [9.17, 15) is 8.78 Å². The number of alkyl halides is 2. The van der Waals surface area contributed by atoms with E-state index in [1.54, 1.807) is 35.3 Å². The molecule has 3 aromatic rings. The van der Waals surface area contributed by atoms with E-state index in [4.69, 9.17) is 4.74 Å². The molecule has 0 aliphatic rings. The maximum Gasteiger partial charge on any atom is 0.263 e. The van der Waals surface area contributed by atoms with Gasteiger partial charge in [0.05, 0.1) is 17.6 Å². The average molecular weight is 315 g/mol. The first kappa shape index (κ1) is 15.1. The highest BCUT2D eigenvalue weighted by atomic mass is 19.3. The fraction of sp³-hybridized carbons (Fsp3) is 0.176. The summed E-state index contributed by atoms with van der Waals surface area (Å²) in [4.78, 5) is 4.11. The molecule has 1 aromatic carbocycles. The van der Waals surface area contributed by atoms with Gasteiger partial charge in [0.25, 0.3) is 6.43 Å². The van der Waals surface area contributed by atoms with Crippen molar-refractivity contribution in [3.63, 3.8) is 0 Å². The van der Waals surface area contributed by atoms with Crippen LogP contribution >= 0.6 is 0 Å². The summed E-state index contributed by atoms with van der Waals surface area (Å²) >= 11 is 0. The Bertz CT molecular complexity index is 770. The molecule has 0 spiro atoms. The van der Waals surface area contributed by atoms with Gasteiger partial charge in [-0.3, -0.25) is 0 Å². The average Bonchev–Trinajstić information content (AvgIpc) is 2.95. The standard InChI is InChI=1S/C17H15F2N3O/c1-12-10-21-22(14-7-5-13(6-8-14)17(18)19)15(12)11-23-16-4-2-3-9-20-16/h2-10,17H,11H2,1H3. The third-order valence-electron chi connectivity index (χ3n) is 3.46. The topological polar surface area (TPSA) is 39.9 Å². The van der Waals surface area contributed by atoms with Gasteiger partial charge in [0.15, 0.2) is 0 Å². The minimum atomic E-state index is -2.48. The lowest BCUT2D eigenvalue weighted by molar-refractivity contribution is 0.151. The number of rotatable bonds is 5. The number of pyridine rings is 1. The van der Waals surface area contributed by atoms with Gasteiger partial charge in [0.1, 0.15) is 6.61 Å². The lowest BCUT2D eigenvalue weighted by Gasteiger charge is -2.10. The van der Waals surface area contributed by atoms with Crippen LogP contribution in [0.25, 0.3) is 5.69 Å².